The van der Waals surface area contributed by atoms with Crippen LogP contribution in [0.15, 0.2) is 24.3 Å². The topological polar surface area (TPSA) is 58.6 Å². The molecule has 5 unspecified atom stereocenters. The van der Waals surface area contributed by atoms with Crippen LogP contribution in [0.5, 0.6) is 5.75 Å². The van der Waals surface area contributed by atoms with Crippen LogP contribution in [0.25, 0.3) is 0 Å². The van der Waals surface area contributed by atoms with E-state index in [0.29, 0.717) is 24.4 Å². The van der Waals surface area contributed by atoms with Crippen molar-refractivity contribution < 1.29 is 14.6 Å². The molecule has 4 nitrogen and oxygen atoms in total. The van der Waals surface area contributed by atoms with Crippen LogP contribution in [-0.4, -0.2) is 30.3 Å². The Morgan fingerprint density at radius 1 is 1.29 bits per heavy atom. The van der Waals surface area contributed by atoms with Gasteiger partial charge in [-0.1, -0.05) is 18.2 Å². The molecule has 1 heterocycles. The van der Waals surface area contributed by atoms with Crippen LogP contribution in [0.4, 0.5) is 0 Å². The molecule has 2 saturated carbocycles. The normalized spacial score (nSPS) is 36.5. The molecule has 2 bridgehead atoms. The highest BCUT2D eigenvalue weighted by Gasteiger charge is 2.50. The zero-order chi connectivity index (χ0) is 14.4. The van der Waals surface area contributed by atoms with Gasteiger partial charge in [0.15, 0.2) is 0 Å². The molecule has 0 saturated heterocycles. The fraction of sp³-hybridized carbons (Fsp3) is 0.588. The Morgan fingerprint density at radius 2 is 2.10 bits per heavy atom. The second-order valence-electron chi connectivity index (χ2n) is 6.68. The van der Waals surface area contributed by atoms with Crippen molar-refractivity contribution in [1.82, 2.24) is 5.32 Å². The van der Waals surface area contributed by atoms with Gasteiger partial charge in [-0.25, -0.2) is 0 Å². The molecule has 3 aliphatic rings. The van der Waals surface area contributed by atoms with E-state index in [1.54, 1.807) is 0 Å². The van der Waals surface area contributed by atoms with Gasteiger partial charge in [0.1, 0.15) is 5.75 Å². The summed E-state index contributed by atoms with van der Waals surface area (Å²) in [6.07, 6.45) is 3.37. The standard InChI is InChI=1S/C17H21NO3/c19-17(20)15-10-5-6-11(7-10)16(15)18-8-12-9-21-14-4-2-1-3-13(12)14/h1-4,10-12,15-16,18H,5-9H2,(H,19,20). The average Bonchev–Trinajstić information content (AvgIpc) is 3.18. The first-order valence-electron chi connectivity index (χ1n) is 7.92. The molecule has 4 heteroatoms. The van der Waals surface area contributed by atoms with E-state index in [1.165, 1.54) is 12.0 Å². The van der Waals surface area contributed by atoms with E-state index in [0.717, 1.165) is 25.1 Å². The second-order valence-corrected chi connectivity index (χ2v) is 6.68. The lowest BCUT2D eigenvalue weighted by atomic mass is 9.84. The molecule has 0 spiro atoms. The Morgan fingerprint density at radius 3 is 2.95 bits per heavy atom. The molecular weight excluding hydrogens is 266 g/mol. The predicted octanol–water partition coefficient (Wildman–Crippen LogP) is 2.25. The molecule has 1 aliphatic heterocycles. The maximum absolute atomic E-state index is 11.5. The number of aliphatic carboxylic acids is 1. The van der Waals surface area contributed by atoms with Crippen LogP contribution in [0.1, 0.15) is 30.7 Å². The van der Waals surface area contributed by atoms with Crippen LogP contribution < -0.4 is 10.1 Å². The number of fused-ring (bicyclic) bond motifs is 3. The zero-order valence-electron chi connectivity index (χ0n) is 12.0. The number of carboxylic acid groups (broad SMARTS) is 1. The minimum atomic E-state index is -0.622. The Hall–Kier alpha value is -1.55. The van der Waals surface area contributed by atoms with Crippen LogP contribution in [0, 0.1) is 17.8 Å². The monoisotopic (exact) mass is 287 g/mol. The molecule has 2 fully saturated rings. The van der Waals surface area contributed by atoms with Crippen molar-refractivity contribution in [2.24, 2.45) is 17.8 Å². The highest BCUT2D eigenvalue weighted by Crippen LogP contribution is 2.48. The molecule has 2 aliphatic carbocycles. The molecule has 1 aromatic carbocycles. The van der Waals surface area contributed by atoms with Gasteiger partial charge in [0.05, 0.1) is 12.5 Å². The SMILES string of the molecule is O=C(O)C1C2CCC(C2)C1NCC1COc2ccccc21. The van der Waals surface area contributed by atoms with Crippen molar-refractivity contribution in [1.29, 1.82) is 0 Å². The van der Waals surface area contributed by atoms with Crippen molar-refractivity contribution in [3.8, 4) is 5.75 Å². The summed E-state index contributed by atoms with van der Waals surface area (Å²) in [5.74, 6) is 1.44. The summed E-state index contributed by atoms with van der Waals surface area (Å²) >= 11 is 0. The number of carboxylic acids is 1. The van der Waals surface area contributed by atoms with Gasteiger partial charge in [-0.3, -0.25) is 4.79 Å². The molecule has 2 N–H and O–H groups in total. The molecule has 0 aromatic heterocycles. The van der Waals surface area contributed by atoms with Gasteiger partial charge < -0.3 is 15.2 Å². The fourth-order valence-corrected chi connectivity index (χ4v) is 4.62. The number of rotatable bonds is 4. The van der Waals surface area contributed by atoms with E-state index in [1.807, 2.05) is 18.2 Å². The van der Waals surface area contributed by atoms with E-state index in [2.05, 4.69) is 11.4 Å². The van der Waals surface area contributed by atoms with E-state index in [9.17, 15) is 9.90 Å². The van der Waals surface area contributed by atoms with Gasteiger partial charge in [-0.05, 0) is 37.2 Å². The smallest absolute Gasteiger partial charge is 0.308 e. The minimum absolute atomic E-state index is 0.147. The highest BCUT2D eigenvalue weighted by molar-refractivity contribution is 5.72. The summed E-state index contributed by atoms with van der Waals surface area (Å²) in [7, 11) is 0. The second kappa shape index (κ2) is 5.02. The van der Waals surface area contributed by atoms with Gasteiger partial charge >= 0.3 is 5.97 Å². The first kappa shape index (κ1) is 13.1. The average molecular weight is 287 g/mol. The highest BCUT2D eigenvalue weighted by atomic mass is 16.5. The first-order chi connectivity index (χ1) is 10.2. The number of hydrogen-bond acceptors (Lipinski definition) is 3. The summed E-state index contributed by atoms with van der Waals surface area (Å²) in [5.41, 5.74) is 1.25. The van der Waals surface area contributed by atoms with Crippen LogP contribution in [-0.2, 0) is 4.79 Å². The fourth-order valence-electron chi connectivity index (χ4n) is 4.62. The third-order valence-corrected chi connectivity index (χ3v) is 5.60. The Labute approximate surface area is 124 Å². The molecule has 0 amide bonds. The summed E-state index contributed by atoms with van der Waals surface area (Å²) in [5, 5.41) is 13.1. The van der Waals surface area contributed by atoms with Crippen molar-refractivity contribution in [2.45, 2.75) is 31.2 Å². The largest absolute Gasteiger partial charge is 0.493 e. The van der Waals surface area contributed by atoms with E-state index < -0.39 is 5.97 Å². The number of ether oxygens (including phenoxy) is 1. The lowest BCUT2D eigenvalue weighted by molar-refractivity contribution is -0.144. The molecule has 21 heavy (non-hydrogen) atoms. The maximum atomic E-state index is 11.5. The maximum Gasteiger partial charge on any atom is 0.308 e. The van der Waals surface area contributed by atoms with Crippen LogP contribution in [0.3, 0.4) is 0 Å². The van der Waals surface area contributed by atoms with E-state index in [4.69, 9.17) is 4.74 Å². The number of nitrogens with one attached hydrogen (secondary N) is 1. The number of hydrogen-bond donors (Lipinski definition) is 2. The first-order valence-corrected chi connectivity index (χ1v) is 7.92. The third kappa shape index (κ3) is 2.13. The number of benzene rings is 1. The van der Waals surface area contributed by atoms with Gasteiger partial charge in [0, 0.05) is 24.1 Å². The summed E-state index contributed by atoms with van der Waals surface area (Å²) in [4.78, 5) is 11.5. The molecule has 112 valence electrons. The zero-order valence-corrected chi connectivity index (χ0v) is 12.0. The lowest BCUT2D eigenvalue weighted by Gasteiger charge is -2.29. The van der Waals surface area contributed by atoms with E-state index >= 15 is 0 Å². The summed E-state index contributed by atoms with van der Waals surface area (Å²) in [6.45, 7) is 1.51. The molecular formula is C17H21NO3. The Kier molecular flexibility index (Phi) is 3.14. The van der Waals surface area contributed by atoms with Crippen LogP contribution in [0.2, 0.25) is 0 Å². The van der Waals surface area contributed by atoms with Crippen molar-refractivity contribution in [3.63, 3.8) is 0 Å². The number of para-hydroxylation sites is 1. The summed E-state index contributed by atoms with van der Waals surface area (Å²) < 4.78 is 5.71. The predicted molar refractivity (Wildman–Crippen MR) is 78.4 cm³/mol. The summed E-state index contributed by atoms with van der Waals surface area (Å²) in [6, 6.07) is 8.30. The van der Waals surface area contributed by atoms with Gasteiger partial charge in [-0.15, -0.1) is 0 Å². The van der Waals surface area contributed by atoms with Crippen molar-refractivity contribution in [3.05, 3.63) is 29.8 Å². The van der Waals surface area contributed by atoms with Gasteiger partial charge in [0.2, 0.25) is 0 Å². The van der Waals surface area contributed by atoms with Crippen LogP contribution >= 0.6 is 0 Å². The van der Waals surface area contributed by atoms with Crippen molar-refractivity contribution >= 4 is 5.97 Å². The van der Waals surface area contributed by atoms with Gasteiger partial charge in [0.25, 0.3) is 0 Å². The Balaban J connectivity index is 1.44. The number of carbonyl (C=O) groups is 1. The van der Waals surface area contributed by atoms with Gasteiger partial charge in [-0.2, -0.15) is 0 Å². The Bertz CT molecular complexity index is 559. The molecule has 4 rings (SSSR count). The minimum Gasteiger partial charge on any atom is -0.493 e. The molecule has 1 aromatic rings. The lowest BCUT2D eigenvalue weighted by Crippen LogP contribution is -2.45. The molecule has 0 radical (unpaired) electrons. The third-order valence-electron chi connectivity index (χ3n) is 5.60. The quantitative estimate of drug-likeness (QED) is 0.892. The van der Waals surface area contributed by atoms with E-state index in [-0.39, 0.29) is 12.0 Å². The molecule has 5 atom stereocenters. The van der Waals surface area contributed by atoms with Crippen molar-refractivity contribution in [2.75, 3.05) is 13.2 Å².